The number of nitrogens with zero attached hydrogens (tertiary/aromatic N) is 3. The molecule has 0 spiro atoms. The van der Waals surface area contributed by atoms with Crippen LogP contribution in [-0.2, 0) is 4.79 Å². The molecule has 0 bridgehead atoms. The fraction of sp³-hybridized carbons (Fsp3) is 0.222. The Bertz CT molecular complexity index is 816. The number of rotatable bonds is 7. The van der Waals surface area contributed by atoms with E-state index >= 15 is 0 Å². The monoisotopic (exact) mass is 356 g/mol. The smallest absolute Gasteiger partial charge is 0.294 e. The molecule has 8 heteroatoms. The number of amides is 1. The molecule has 136 valence electrons. The van der Waals surface area contributed by atoms with Gasteiger partial charge in [0.15, 0.2) is 6.61 Å². The number of benzene rings is 2. The van der Waals surface area contributed by atoms with Crippen molar-refractivity contribution in [3.63, 3.8) is 0 Å². The van der Waals surface area contributed by atoms with E-state index in [9.17, 15) is 14.9 Å². The highest BCUT2D eigenvalue weighted by Crippen LogP contribution is 2.23. The lowest BCUT2D eigenvalue weighted by atomic mass is 10.1. The molecule has 0 aromatic heterocycles. The van der Waals surface area contributed by atoms with Crippen molar-refractivity contribution in [3.8, 4) is 5.75 Å². The second-order valence-electron chi connectivity index (χ2n) is 5.68. The molecule has 0 aliphatic heterocycles. The molecular weight excluding hydrogens is 336 g/mol. The van der Waals surface area contributed by atoms with Gasteiger partial charge in [-0.1, -0.05) is 12.1 Å². The van der Waals surface area contributed by atoms with Crippen LogP contribution in [0.4, 0.5) is 11.4 Å². The molecule has 0 aliphatic carbocycles. The molecular formula is C18H20N4O4. The van der Waals surface area contributed by atoms with Crippen LogP contribution in [-0.4, -0.2) is 42.1 Å². The van der Waals surface area contributed by atoms with E-state index in [1.165, 1.54) is 11.0 Å². The lowest BCUT2D eigenvalue weighted by molar-refractivity contribution is -0.384. The number of hydrogen-bond donors (Lipinski definition) is 1. The molecule has 1 N–H and O–H groups in total. The standard InChI is InChI=1S/C18H20N4O4/c1-13(19-20-16-6-4-5-7-17(16)22(24)25)14-8-10-15(11-9-14)26-12-18(23)21(2)3/h4-11,20H,12H2,1-3H3/b19-13+. The van der Waals surface area contributed by atoms with E-state index in [1.807, 2.05) is 0 Å². The Morgan fingerprint density at radius 3 is 2.46 bits per heavy atom. The fourth-order valence-electron chi connectivity index (χ4n) is 2.00. The van der Waals surface area contributed by atoms with Gasteiger partial charge < -0.3 is 9.64 Å². The highest BCUT2D eigenvalue weighted by Gasteiger charge is 2.11. The van der Waals surface area contributed by atoms with Crippen LogP contribution in [0.1, 0.15) is 12.5 Å². The number of para-hydroxylation sites is 2. The van der Waals surface area contributed by atoms with Crippen LogP contribution in [0.3, 0.4) is 0 Å². The van der Waals surface area contributed by atoms with E-state index in [0.717, 1.165) is 5.56 Å². The van der Waals surface area contributed by atoms with E-state index in [1.54, 1.807) is 63.5 Å². The Hall–Kier alpha value is -3.42. The molecule has 0 radical (unpaired) electrons. The SMILES string of the molecule is C/C(=N\Nc1ccccc1[N+](=O)[O-])c1ccc(OCC(=O)N(C)C)cc1. The molecule has 0 heterocycles. The maximum Gasteiger partial charge on any atom is 0.294 e. The quantitative estimate of drug-likeness (QED) is 0.467. The lowest BCUT2D eigenvalue weighted by Gasteiger charge is -2.11. The van der Waals surface area contributed by atoms with E-state index in [-0.39, 0.29) is 18.2 Å². The summed E-state index contributed by atoms with van der Waals surface area (Å²) < 4.78 is 5.41. The third kappa shape index (κ3) is 5.04. The van der Waals surface area contributed by atoms with E-state index in [4.69, 9.17) is 4.74 Å². The summed E-state index contributed by atoms with van der Waals surface area (Å²) in [4.78, 5) is 23.5. The Balaban J connectivity index is 2.03. The Morgan fingerprint density at radius 1 is 1.19 bits per heavy atom. The van der Waals surface area contributed by atoms with Gasteiger partial charge in [0.1, 0.15) is 11.4 Å². The zero-order chi connectivity index (χ0) is 19.1. The van der Waals surface area contributed by atoms with Crippen molar-refractivity contribution < 1.29 is 14.5 Å². The average Bonchev–Trinajstić information content (AvgIpc) is 2.64. The molecule has 2 rings (SSSR count). The van der Waals surface area contributed by atoms with Gasteiger partial charge in [0.05, 0.1) is 10.6 Å². The summed E-state index contributed by atoms with van der Waals surface area (Å²) in [6.45, 7) is 1.76. The van der Waals surface area contributed by atoms with Crippen molar-refractivity contribution in [1.82, 2.24) is 4.90 Å². The third-order valence-corrected chi connectivity index (χ3v) is 3.58. The zero-order valence-corrected chi connectivity index (χ0v) is 14.8. The number of hydrogen-bond acceptors (Lipinski definition) is 6. The minimum atomic E-state index is -0.464. The van der Waals surface area contributed by atoms with Crippen LogP contribution in [0.2, 0.25) is 0 Å². The van der Waals surface area contributed by atoms with Gasteiger partial charge in [0.25, 0.3) is 11.6 Å². The van der Waals surface area contributed by atoms with Gasteiger partial charge in [0, 0.05) is 20.2 Å². The number of nitro groups is 1. The maximum absolute atomic E-state index is 11.5. The topological polar surface area (TPSA) is 97.1 Å². The predicted molar refractivity (Wildman–Crippen MR) is 99.6 cm³/mol. The van der Waals surface area contributed by atoms with Crippen molar-refractivity contribution in [1.29, 1.82) is 0 Å². The normalized spacial score (nSPS) is 11.0. The van der Waals surface area contributed by atoms with Crippen LogP contribution < -0.4 is 10.2 Å². The van der Waals surface area contributed by atoms with Crippen molar-refractivity contribution in [2.24, 2.45) is 5.10 Å². The van der Waals surface area contributed by atoms with E-state index in [2.05, 4.69) is 10.5 Å². The van der Waals surface area contributed by atoms with Crippen molar-refractivity contribution >= 4 is 23.0 Å². The van der Waals surface area contributed by atoms with Gasteiger partial charge in [-0.15, -0.1) is 0 Å². The molecule has 26 heavy (non-hydrogen) atoms. The van der Waals surface area contributed by atoms with E-state index < -0.39 is 4.92 Å². The molecule has 0 aliphatic rings. The summed E-state index contributed by atoms with van der Waals surface area (Å²) in [7, 11) is 3.33. The number of likely N-dealkylation sites (N-methyl/N-ethyl adjacent to an activating group) is 1. The van der Waals surface area contributed by atoms with Gasteiger partial charge in [-0.2, -0.15) is 5.10 Å². The van der Waals surface area contributed by atoms with Gasteiger partial charge in [-0.05, 0) is 42.8 Å². The summed E-state index contributed by atoms with van der Waals surface area (Å²) in [5.41, 5.74) is 4.47. The van der Waals surface area contributed by atoms with Crippen LogP contribution in [0.5, 0.6) is 5.75 Å². The molecule has 0 atom stereocenters. The zero-order valence-electron chi connectivity index (χ0n) is 14.8. The summed E-state index contributed by atoms with van der Waals surface area (Å²) in [5, 5.41) is 15.2. The number of anilines is 1. The van der Waals surface area contributed by atoms with Gasteiger partial charge >= 0.3 is 0 Å². The van der Waals surface area contributed by atoms with E-state index in [0.29, 0.717) is 17.1 Å². The first kappa shape index (κ1) is 18.9. The molecule has 2 aromatic rings. The third-order valence-electron chi connectivity index (χ3n) is 3.58. The number of hydrazone groups is 1. The minimum absolute atomic E-state index is 0.0291. The molecule has 1 amide bonds. The molecule has 0 fully saturated rings. The maximum atomic E-state index is 11.5. The largest absolute Gasteiger partial charge is 0.484 e. The molecule has 0 saturated carbocycles. The first-order chi connectivity index (χ1) is 12.4. The highest BCUT2D eigenvalue weighted by atomic mass is 16.6. The number of carbonyl (C=O) groups excluding carboxylic acids is 1. The molecule has 8 nitrogen and oxygen atoms in total. The summed E-state index contributed by atoms with van der Waals surface area (Å²) in [6.07, 6.45) is 0. The number of nitro benzene ring substituents is 1. The van der Waals surface area contributed by atoms with Crippen LogP contribution in [0, 0.1) is 10.1 Å². The lowest BCUT2D eigenvalue weighted by Crippen LogP contribution is -2.27. The van der Waals surface area contributed by atoms with Gasteiger partial charge in [-0.3, -0.25) is 20.3 Å². The number of nitrogens with one attached hydrogen (secondary N) is 1. The summed E-state index contributed by atoms with van der Waals surface area (Å²) in [5.74, 6) is 0.448. The minimum Gasteiger partial charge on any atom is -0.484 e. The molecule has 0 saturated heterocycles. The summed E-state index contributed by atoms with van der Waals surface area (Å²) >= 11 is 0. The first-order valence-corrected chi connectivity index (χ1v) is 7.85. The number of ether oxygens (including phenoxy) is 1. The van der Waals surface area contributed by atoms with Crippen LogP contribution in [0.25, 0.3) is 0 Å². The highest BCUT2D eigenvalue weighted by molar-refractivity contribution is 5.99. The Morgan fingerprint density at radius 2 is 1.85 bits per heavy atom. The fourth-order valence-corrected chi connectivity index (χ4v) is 2.00. The molecule has 0 unspecified atom stereocenters. The van der Waals surface area contributed by atoms with Crippen LogP contribution >= 0.6 is 0 Å². The van der Waals surface area contributed by atoms with Crippen molar-refractivity contribution in [3.05, 3.63) is 64.2 Å². The first-order valence-electron chi connectivity index (χ1n) is 7.85. The van der Waals surface area contributed by atoms with Gasteiger partial charge in [-0.25, -0.2) is 0 Å². The Labute approximate surface area is 151 Å². The van der Waals surface area contributed by atoms with Crippen LogP contribution in [0.15, 0.2) is 53.6 Å². The van der Waals surface area contributed by atoms with Crippen molar-refractivity contribution in [2.75, 3.05) is 26.1 Å². The van der Waals surface area contributed by atoms with Gasteiger partial charge in [0.2, 0.25) is 0 Å². The summed E-state index contributed by atoms with van der Waals surface area (Å²) in [6, 6.07) is 13.4. The Kier molecular flexibility index (Phi) is 6.26. The second-order valence-corrected chi connectivity index (χ2v) is 5.68. The predicted octanol–water partition coefficient (Wildman–Crippen LogP) is 2.90. The van der Waals surface area contributed by atoms with Crippen molar-refractivity contribution in [2.45, 2.75) is 6.92 Å². The second kappa shape index (κ2) is 8.61. The molecule has 2 aromatic carbocycles. The number of carbonyl (C=O) groups is 1. The average molecular weight is 356 g/mol.